The molecule has 0 spiro atoms. The summed E-state index contributed by atoms with van der Waals surface area (Å²) in [5.41, 5.74) is 5.42. The maximum atomic E-state index is 13.7. The van der Waals surface area contributed by atoms with Crippen LogP contribution >= 0.6 is 11.6 Å². The largest absolute Gasteiger partial charge is 0.399 e. The van der Waals surface area contributed by atoms with Gasteiger partial charge in [-0.3, -0.25) is 4.79 Å². The van der Waals surface area contributed by atoms with E-state index in [1.54, 1.807) is 0 Å². The lowest BCUT2D eigenvalue weighted by Crippen LogP contribution is -2.43. The van der Waals surface area contributed by atoms with E-state index in [1.165, 1.54) is 14.0 Å². The van der Waals surface area contributed by atoms with E-state index >= 15 is 0 Å². The Kier molecular flexibility index (Phi) is 4.72. The zero-order valence-electron chi connectivity index (χ0n) is 10.2. The first-order valence-corrected chi connectivity index (χ1v) is 7.03. The molecule has 6 nitrogen and oxygen atoms in total. The number of sulfonamides is 1. The summed E-state index contributed by atoms with van der Waals surface area (Å²) in [4.78, 5) is 10.6. The third-order valence-electron chi connectivity index (χ3n) is 2.28. The number of nitrogens with one attached hydrogen (secondary N) is 2. The number of carbonyl (C=O) groups excluding carboxylic acids is 1. The summed E-state index contributed by atoms with van der Waals surface area (Å²) in [5, 5.41) is 1.86. The molecule has 0 aliphatic heterocycles. The molecule has 1 unspecified atom stereocenters. The highest BCUT2D eigenvalue weighted by atomic mass is 35.5. The molecule has 0 aliphatic rings. The van der Waals surface area contributed by atoms with Crippen LogP contribution in [0, 0.1) is 5.82 Å². The lowest BCUT2D eigenvalue weighted by Gasteiger charge is -2.14. The summed E-state index contributed by atoms with van der Waals surface area (Å²) in [6.45, 7) is 1.32. The molecule has 0 aromatic heterocycles. The van der Waals surface area contributed by atoms with Gasteiger partial charge >= 0.3 is 0 Å². The molecule has 0 aliphatic carbocycles. The Morgan fingerprint density at radius 3 is 2.58 bits per heavy atom. The number of halogens is 2. The van der Waals surface area contributed by atoms with Crippen LogP contribution in [0.3, 0.4) is 0 Å². The Morgan fingerprint density at radius 1 is 1.47 bits per heavy atom. The van der Waals surface area contributed by atoms with Crippen molar-refractivity contribution in [1.29, 1.82) is 0 Å². The van der Waals surface area contributed by atoms with Crippen LogP contribution in [0.4, 0.5) is 10.1 Å². The van der Waals surface area contributed by atoms with Gasteiger partial charge in [0.05, 0.1) is 11.1 Å². The monoisotopic (exact) mass is 309 g/mol. The van der Waals surface area contributed by atoms with Crippen LogP contribution in [-0.4, -0.2) is 27.4 Å². The normalized spacial score (nSPS) is 13.1. The van der Waals surface area contributed by atoms with Gasteiger partial charge in [0.15, 0.2) is 5.82 Å². The number of hydrogen-bond acceptors (Lipinski definition) is 4. The standard InChI is InChI=1S/C10H13ClFN3O3S/c1-5(10(16)14-2)15-19(17,18)8-4-6(13)3-7(11)9(8)12/h3-5,15H,13H2,1-2H3,(H,14,16). The van der Waals surface area contributed by atoms with Crippen molar-refractivity contribution in [1.82, 2.24) is 10.0 Å². The molecular formula is C10H13ClFN3O3S. The lowest BCUT2D eigenvalue weighted by atomic mass is 10.3. The Bertz CT molecular complexity index is 606. The lowest BCUT2D eigenvalue weighted by molar-refractivity contribution is -0.121. The first-order chi connectivity index (χ1) is 8.69. The quantitative estimate of drug-likeness (QED) is 0.704. The first kappa shape index (κ1) is 15.7. The van der Waals surface area contributed by atoms with Gasteiger partial charge in [0.2, 0.25) is 15.9 Å². The number of nitrogens with two attached hydrogens (primary N) is 1. The van der Waals surface area contributed by atoms with E-state index in [9.17, 15) is 17.6 Å². The van der Waals surface area contributed by atoms with Gasteiger partial charge in [-0.15, -0.1) is 0 Å². The second-order valence-electron chi connectivity index (χ2n) is 3.77. The van der Waals surface area contributed by atoms with Crippen molar-refractivity contribution in [3.8, 4) is 0 Å². The van der Waals surface area contributed by atoms with Gasteiger partial charge in [-0.2, -0.15) is 4.72 Å². The molecule has 106 valence electrons. The molecule has 1 aromatic rings. The Balaban J connectivity index is 3.18. The molecule has 0 bridgehead atoms. The fraction of sp³-hybridized carbons (Fsp3) is 0.300. The third-order valence-corrected chi connectivity index (χ3v) is 4.09. The van der Waals surface area contributed by atoms with Crippen LogP contribution in [0.15, 0.2) is 17.0 Å². The van der Waals surface area contributed by atoms with Crippen molar-refractivity contribution >= 4 is 33.2 Å². The van der Waals surface area contributed by atoms with Gasteiger partial charge in [0.25, 0.3) is 0 Å². The summed E-state index contributed by atoms with van der Waals surface area (Å²) in [6.07, 6.45) is 0. The summed E-state index contributed by atoms with van der Waals surface area (Å²) >= 11 is 5.53. The van der Waals surface area contributed by atoms with E-state index in [-0.39, 0.29) is 5.69 Å². The van der Waals surface area contributed by atoms with E-state index in [4.69, 9.17) is 17.3 Å². The number of benzene rings is 1. The van der Waals surface area contributed by atoms with Crippen molar-refractivity contribution in [2.75, 3.05) is 12.8 Å². The van der Waals surface area contributed by atoms with Crippen LogP contribution in [-0.2, 0) is 14.8 Å². The van der Waals surface area contributed by atoms with E-state index in [0.29, 0.717) is 0 Å². The van der Waals surface area contributed by atoms with Crippen molar-refractivity contribution < 1.29 is 17.6 Å². The molecule has 0 fully saturated rings. The molecule has 0 heterocycles. The molecule has 1 atom stereocenters. The minimum Gasteiger partial charge on any atom is -0.399 e. The minimum absolute atomic E-state index is 0.000582. The van der Waals surface area contributed by atoms with Crippen LogP contribution < -0.4 is 15.8 Å². The number of carbonyl (C=O) groups is 1. The van der Waals surface area contributed by atoms with Crippen molar-refractivity contribution in [2.45, 2.75) is 17.9 Å². The first-order valence-electron chi connectivity index (χ1n) is 5.17. The SMILES string of the molecule is CNC(=O)C(C)NS(=O)(=O)c1cc(N)cc(Cl)c1F. The number of likely N-dealkylation sites (N-methyl/N-ethyl adjacent to an activating group) is 1. The van der Waals surface area contributed by atoms with Crippen molar-refractivity contribution in [2.24, 2.45) is 0 Å². The average molecular weight is 310 g/mol. The summed E-state index contributed by atoms with van der Waals surface area (Å²) in [6, 6.07) is 0.965. The highest BCUT2D eigenvalue weighted by Crippen LogP contribution is 2.25. The number of anilines is 1. The predicted octanol–water partition coefficient (Wildman–Crippen LogP) is 0.474. The molecular weight excluding hydrogens is 297 g/mol. The average Bonchev–Trinajstić information content (AvgIpc) is 2.31. The van der Waals surface area contributed by atoms with Crippen molar-refractivity contribution in [3.63, 3.8) is 0 Å². The minimum atomic E-state index is -4.24. The zero-order chi connectivity index (χ0) is 14.8. The fourth-order valence-corrected chi connectivity index (χ4v) is 2.97. The Hall–Kier alpha value is -1.38. The van der Waals surface area contributed by atoms with Gasteiger partial charge in [-0.25, -0.2) is 12.8 Å². The number of rotatable bonds is 4. The second kappa shape index (κ2) is 5.72. The van der Waals surface area contributed by atoms with Crippen LogP contribution in [0.1, 0.15) is 6.92 Å². The van der Waals surface area contributed by atoms with E-state index in [0.717, 1.165) is 12.1 Å². The molecule has 19 heavy (non-hydrogen) atoms. The topological polar surface area (TPSA) is 101 Å². The fourth-order valence-electron chi connectivity index (χ4n) is 1.35. The Labute approximate surface area is 115 Å². The molecule has 0 saturated carbocycles. The van der Waals surface area contributed by atoms with Crippen molar-refractivity contribution in [3.05, 3.63) is 23.0 Å². The molecule has 1 amide bonds. The molecule has 1 aromatic carbocycles. The van der Waals surface area contributed by atoms with Crippen LogP contribution in [0.25, 0.3) is 0 Å². The van der Waals surface area contributed by atoms with Gasteiger partial charge in [0, 0.05) is 12.7 Å². The molecule has 0 radical (unpaired) electrons. The number of nitrogen functional groups attached to an aromatic ring is 1. The molecule has 0 saturated heterocycles. The van der Waals surface area contributed by atoms with Crippen LogP contribution in [0.5, 0.6) is 0 Å². The highest BCUT2D eigenvalue weighted by molar-refractivity contribution is 7.89. The number of amides is 1. The summed E-state index contributed by atoms with van der Waals surface area (Å²) in [5.74, 6) is -1.67. The zero-order valence-corrected chi connectivity index (χ0v) is 11.8. The third kappa shape index (κ3) is 3.55. The van der Waals surface area contributed by atoms with Gasteiger partial charge in [-0.1, -0.05) is 11.6 Å². The predicted molar refractivity (Wildman–Crippen MR) is 69.7 cm³/mol. The highest BCUT2D eigenvalue weighted by Gasteiger charge is 2.25. The second-order valence-corrected chi connectivity index (χ2v) is 5.86. The van der Waals surface area contributed by atoms with Gasteiger partial charge < -0.3 is 11.1 Å². The van der Waals surface area contributed by atoms with E-state index in [2.05, 4.69) is 5.32 Å². The summed E-state index contributed by atoms with van der Waals surface area (Å²) in [7, 11) is -2.89. The molecule has 4 N–H and O–H groups in total. The van der Waals surface area contributed by atoms with Gasteiger partial charge in [0.1, 0.15) is 4.90 Å². The maximum absolute atomic E-state index is 13.7. The number of hydrogen-bond donors (Lipinski definition) is 3. The van der Waals surface area contributed by atoms with Gasteiger partial charge in [-0.05, 0) is 19.1 Å². The maximum Gasteiger partial charge on any atom is 0.244 e. The van der Waals surface area contributed by atoms with E-state index < -0.39 is 37.7 Å². The van der Waals surface area contributed by atoms with Crippen LogP contribution in [0.2, 0.25) is 5.02 Å². The molecule has 1 rings (SSSR count). The van der Waals surface area contributed by atoms with E-state index in [1.807, 2.05) is 4.72 Å². The Morgan fingerprint density at radius 2 is 2.05 bits per heavy atom. The summed E-state index contributed by atoms with van der Waals surface area (Å²) < 4.78 is 39.6. The smallest absolute Gasteiger partial charge is 0.244 e. The molecule has 9 heteroatoms.